The van der Waals surface area contributed by atoms with Gasteiger partial charge < -0.3 is 9.47 Å². The Kier molecular flexibility index (Phi) is 4.94. The minimum atomic E-state index is -0.440. The molecule has 0 fully saturated rings. The fourth-order valence-corrected chi connectivity index (χ4v) is 3.49. The largest absolute Gasteiger partial charge is 0.482 e. The fraction of sp³-hybridized carbons (Fsp3) is 0.167. The van der Waals surface area contributed by atoms with Crippen molar-refractivity contribution in [2.24, 2.45) is 0 Å². The van der Waals surface area contributed by atoms with E-state index in [9.17, 15) is 9.59 Å². The number of carbonyl (C=O) groups is 2. The van der Waals surface area contributed by atoms with Crippen molar-refractivity contribution in [3.05, 3.63) is 89.5 Å². The summed E-state index contributed by atoms with van der Waals surface area (Å²) in [5, 5.41) is 0. The second-order valence-corrected chi connectivity index (χ2v) is 6.63. The van der Waals surface area contributed by atoms with Crippen molar-refractivity contribution in [1.29, 1.82) is 0 Å². The van der Waals surface area contributed by atoms with Gasteiger partial charge in [-0.2, -0.15) is 0 Å². The van der Waals surface area contributed by atoms with Crippen molar-refractivity contribution >= 4 is 11.8 Å². The average molecular weight is 372 g/mol. The van der Waals surface area contributed by atoms with Crippen LogP contribution in [0.15, 0.2) is 72.8 Å². The van der Waals surface area contributed by atoms with E-state index in [4.69, 9.17) is 9.47 Å². The predicted molar refractivity (Wildman–Crippen MR) is 106 cm³/mol. The van der Waals surface area contributed by atoms with Gasteiger partial charge in [0.05, 0.1) is 0 Å². The second kappa shape index (κ2) is 7.69. The number of fused-ring (bicyclic) bond motifs is 3. The maximum absolute atomic E-state index is 12.4. The van der Waals surface area contributed by atoms with Crippen molar-refractivity contribution in [2.45, 2.75) is 19.4 Å². The third-order valence-corrected chi connectivity index (χ3v) is 4.88. The van der Waals surface area contributed by atoms with E-state index >= 15 is 0 Å². The van der Waals surface area contributed by atoms with Gasteiger partial charge in [-0.3, -0.25) is 4.79 Å². The summed E-state index contributed by atoms with van der Waals surface area (Å²) >= 11 is 0. The molecule has 4 nitrogen and oxygen atoms in total. The molecule has 0 saturated carbocycles. The van der Waals surface area contributed by atoms with Gasteiger partial charge >= 0.3 is 5.97 Å². The lowest BCUT2D eigenvalue weighted by molar-refractivity contribution is -0.149. The summed E-state index contributed by atoms with van der Waals surface area (Å²) < 4.78 is 11.3. The lowest BCUT2D eigenvalue weighted by Crippen LogP contribution is -2.18. The van der Waals surface area contributed by atoms with Crippen LogP contribution in [0.5, 0.6) is 5.75 Å². The normalized spacial score (nSPS) is 12.2. The predicted octanol–water partition coefficient (Wildman–Crippen LogP) is 4.97. The van der Waals surface area contributed by atoms with Crippen LogP contribution in [0.1, 0.15) is 40.9 Å². The molecule has 28 heavy (non-hydrogen) atoms. The summed E-state index contributed by atoms with van der Waals surface area (Å²) in [6.45, 7) is 1.63. The number of hydrogen-bond donors (Lipinski definition) is 0. The third-order valence-electron chi connectivity index (χ3n) is 4.88. The molecule has 3 aromatic carbocycles. The highest BCUT2D eigenvalue weighted by molar-refractivity contribution is 5.95. The summed E-state index contributed by atoms with van der Waals surface area (Å²) in [5.41, 5.74) is 4.79. The van der Waals surface area contributed by atoms with Crippen molar-refractivity contribution < 1.29 is 19.1 Å². The summed E-state index contributed by atoms with van der Waals surface area (Å²) in [5.74, 6) is 0.159. The zero-order valence-electron chi connectivity index (χ0n) is 15.6. The number of carbonyl (C=O) groups excluding carboxylic acids is 2. The minimum Gasteiger partial charge on any atom is -0.482 e. The molecule has 1 aliphatic rings. The molecule has 0 radical (unpaired) electrons. The molecule has 0 bridgehead atoms. The van der Waals surface area contributed by atoms with Crippen molar-refractivity contribution in [3.63, 3.8) is 0 Å². The van der Waals surface area contributed by atoms with Gasteiger partial charge in [-0.25, -0.2) is 4.79 Å². The highest BCUT2D eigenvalue weighted by Gasteiger charge is 2.31. The summed E-state index contributed by atoms with van der Waals surface area (Å²) in [7, 11) is 0. The van der Waals surface area contributed by atoms with Crippen LogP contribution in [0.4, 0.5) is 0 Å². The first-order valence-electron chi connectivity index (χ1n) is 9.31. The van der Waals surface area contributed by atoms with Crippen LogP contribution in [0, 0.1) is 0 Å². The molecule has 0 unspecified atom stereocenters. The van der Waals surface area contributed by atoms with Gasteiger partial charge in [0.15, 0.2) is 18.5 Å². The lowest BCUT2D eigenvalue weighted by atomic mass is 10.1. The van der Waals surface area contributed by atoms with Gasteiger partial charge in [0.25, 0.3) is 0 Å². The Balaban J connectivity index is 1.44. The molecule has 0 aromatic heterocycles. The molecule has 4 heteroatoms. The SMILES string of the molecule is CCC(=O)c1ccc(OCC(=O)OC2c3ccccc3-c3ccccc32)cc1. The van der Waals surface area contributed by atoms with E-state index < -0.39 is 12.1 Å². The molecule has 0 N–H and O–H groups in total. The summed E-state index contributed by atoms with van der Waals surface area (Å²) in [6, 6.07) is 22.7. The standard InChI is InChI=1S/C24H20O4/c1-2-22(25)16-11-13-17(14-12-16)27-15-23(26)28-24-20-9-5-3-7-18(20)19-8-4-6-10-21(19)24/h3-14,24H,2,15H2,1H3. The number of hydrogen-bond acceptors (Lipinski definition) is 4. The van der Waals surface area contributed by atoms with Gasteiger partial charge in [-0.15, -0.1) is 0 Å². The molecule has 0 heterocycles. The fourth-order valence-electron chi connectivity index (χ4n) is 3.49. The number of esters is 1. The lowest BCUT2D eigenvalue weighted by Gasteiger charge is -2.15. The molecule has 140 valence electrons. The molecule has 0 atom stereocenters. The van der Waals surface area contributed by atoms with E-state index in [1.165, 1.54) is 0 Å². The zero-order chi connectivity index (χ0) is 19.5. The topological polar surface area (TPSA) is 52.6 Å². The first-order valence-corrected chi connectivity index (χ1v) is 9.31. The molecule has 3 aromatic rings. The summed E-state index contributed by atoms with van der Waals surface area (Å²) in [6.07, 6.45) is 0.0321. The highest BCUT2D eigenvalue weighted by atomic mass is 16.6. The Morgan fingerprint density at radius 1 is 0.821 bits per heavy atom. The van der Waals surface area contributed by atoms with Gasteiger partial charge in [0.1, 0.15) is 5.75 Å². The Bertz CT molecular complexity index is 975. The highest BCUT2D eigenvalue weighted by Crippen LogP contribution is 2.45. The quantitative estimate of drug-likeness (QED) is 0.453. The van der Waals surface area contributed by atoms with E-state index in [0.717, 1.165) is 22.3 Å². The minimum absolute atomic E-state index is 0.0736. The number of benzene rings is 3. The Labute approximate surface area is 163 Å². The number of ketones is 1. The van der Waals surface area contributed by atoms with Crippen LogP contribution >= 0.6 is 0 Å². The Hall–Kier alpha value is -3.40. The first kappa shape index (κ1) is 18.0. The van der Waals surface area contributed by atoms with Gasteiger partial charge in [-0.1, -0.05) is 55.5 Å². The van der Waals surface area contributed by atoms with E-state index in [1.54, 1.807) is 24.3 Å². The van der Waals surface area contributed by atoms with Crippen LogP contribution in [0.25, 0.3) is 11.1 Å². The maximum Gasteiger partial charge on any atom is 0.345 e. The van der Waals surface area contributed by atoms with Crippen molar-refractivity contribution in [1.82, 2.24) is 0 Å². The van der Waals surface area contributed by atoms with Crippen molar-refractivity contribution in [3.8, 4) is 16.9 Å². The smallest absolute Gasteiger partial charge is 0.345 e. The van der Waals surface area contributed by atoms with Crippen LogP contribution in [0.3, 0.4) is 0 Å². The molecule has 4 rings (SSSR count). The molecular weight excluding hydrogens is 352 g/mol. The average Bonchev–Trinajstić information content (AvgIpc) is 3.06. The van der Waals surface area contributed by atoms with Gasteiger partial charge in [0, 0.05) is 23.1 Å². The zero-order valence-corrected chi connectivity index (χ0v) is 15.6. The van der Waals surface area contributed by atoms with Gasteiger partial charge in [-0.05, 0) is 35.4 Å². The Morgan fingerprint density at radius 3 is 1.96 bits per heavy atom. The van der Waals surface area contributed by atoms with Crippen LogP contribution in [0.2, 0.25) is 0 Å². The van der Waals surface area contributed by atoms with E-state index in [-0.39, 0.29) is 12.4 Å². The molecule has 0 spiro atoms. The molecule has 0 saturated heterocycles. The summed E-state index contributed by atoms with van der Waals surface area (Å²) in [4.78, 5) is 24.1. The monoisotopic (exact) mass is 372 g/mol. The number of Topliss-reactive ketones (excluding diaryl/α,β-unsaturated/α-hetero) is 1. The van der Waals surface area contributed by atoms with Crippen LogP contribution in [-0.4, -0.2) is 18.4 Å². The first-order chi connectivity index (χ1) is 13.7. The Morgan fingerprint density at radius 2 is 1.39 bits per heavy atom. The number of rotatable bonds is 6. The number of ether oxygens (including phenoxy) is 2. The maximum atomic E-state index is 12.4. The molecule has 1 aliphatic carbocycles. The van der Waals surface area contributed by atoms with E-state index in [2.05, 4.69) is 0 Å². The van der Waals surface area contributed by atoms with Gasteiger partial charge in [0.2, 0.25) is 0 Å². The second-order valence-electron chi connectivity index (χ2n) is 6.63. The molecular formula is C24H20O4. The van der Waals surface area contributed by atoms with Crippen molar-refractivity contribution in [2.75, 3.05) is 6.61 Å². The molecule has 0 amide bonds. The van der Waals surface area contributed by atoms with E-state index in [1.807, 2.05) is 55.5 Å². The molecule has 0 aliphatic heterocycles. The van der Waals surface area contributed by atoms with Crippen LogP contribution in [-0.2, 0) is 9.53 Å². The van der Waals surface area contributed by atoms with Crippen LogP contribution < -0.4 is 4.74 Å². The third kappa shape index (κ3) is 3.41. The van der Waals surface area contributed by atoms with E-state index in [0.29, 0.717) is 17.7 Å².